The first-order chi connectivity index (χ1) is 8.77. The quantitative estimate of drug-likeness (QED) is 0.835. The summed E-state index contributed by atoms with van der Waals surface area (Å²) in [4.78, 5) is 23.9. The molecule has 0 heterocycles. The second-order valence-corrected chi connectivity index (χ2v) is 5.85. The van der Waals surface area contributed by atoms with Gasteiger partial charge in [0.05, 0.1) is 6.54 Å². The fraction of sp³-hybridized carbons (Fsp3) is 0.867. The van der Waals surface area contributed by atoms with E-state index in [0.717, 1.165) is 38.5 Å². The summed E-state index contributed by atoms with van der Waals surface area (Å²) in [5, 5.41) is 2.86. The third-order valence-corrected chi connectivity index (χ3v) is 4.47. The second-order valence-electron chi connectivity index (χ2n) is 5.85. The van der Waals surface area contributed by atoms with Crippen molar-refractivity contribution in [1.82, 2.24) is 5.32 Å². The Labute approximate surface area is 110 Å². The predicted molar refractivity (Wildman–Crippen MR) is 71.2 cm³/mol. The smallest absolute Gasteiger partial charge is 0.223 e. The Morgan fingerprint density at radius 3 is 1.83 bits per heavy atom. The Hall–Kier alpha value is -0.860. The number of rotatable bonds is 4. The van der Waals surface area contributed by atoms with E-state index in [0.29, 0.717) is 0 Å². The first-order valence-corrected chi connectivity index (χ1v) is 7.58. The van der Waals surface area contributed by atoms with Crippen molar-refractivity contribution in [2.24, 2.45) is 11.8 Å². The van der Waals surface area contributed by atoms with Crippen LogP contribution in [0, 0.1) is 11.8 Å². The predicted octanol–water partition coefficient (Wildman–Crippen LogP) is 2.83. The van der Waals surface area contributed by atoms with E-state index in [1.54, 1.807) is 0 Å². The van der Waals surface area contributed by atoms with E-state index in [1.165, 1.54) is 25.7 Å². The third-order valence-electron chi connectivity index (χ3n) is 4.47. The van der Waals surface area contributed by atoms with Crippen LogP contribution < -0.4 is 5.32 Å². The van der Waals surface area contributed by atoms with Gasteiger partial charge < -0.3 is 5.32 Å². The summed E-state index contributed by atoms with van der Waals surface area (Å²) in [5.41, 5.74) is 0. The zero-order valence-corrected chi connectivity index (χ0v) is 11.2. The van der Waals surface area contributed by atoms with Crippen molar-refractivity contribution in [2.45, 2.75) is 64.2 Å². The van der Waals surface area contributed by atoms with Crippen molar-refractivity contribution in [3.8, 4) is 0 Å². The van der Waals surface area contributed by atoms with Crippen LogP contribution in [-0.2, 0) is 9.59 Å². The number of carbonyl (C=O) groups excluding carboxylic acids is 2. The van der Waals surface area contributed by atoms with Crippen LogP contribution >= 0.6 is 0 Å². The topological polar surface area (TPSA) is 46.2 Å². The van der Waals surface area contributed by atoms with Gasteiger partial charge in [-0.15, -0.1) is 0 Å². The molecular formula is C15H25NO2. The molecule has 0 spiro atoms. The van der Waals surface area contributed by atoms with Gasteiger partial charge in [0, 0.05) is 11.8 Å². The van der Waals surface area contributed by atoms with E-state index in [2.05, 4.69) is 5.32 Å². The molecule has 2 aliphatic rings. The van der Waals surface area contributed by atoms with E-state index in [4.69, 9.17) is 0 Å². The molecule has 2 aliphatic carbocycles. The lowest BCUT2D eigenvalue weighted by molar-refractivity contribution is -0.130. The van der Waals surface area contributed by atoms with Gasteiger partial charge >= 0.3 is 0 Å². The van der Waals surface area contributed by atoms with Crippen molar-refractivity contribution in [2.75, 3.05) is 6.54 Å². The molecule has 102 valence electrons. The summed E-state index contributed by atoms with van der Waals surface area (Å²) in [6, 6.07) is 0. The lowest BCUT2D eigenvalue weighted by atomic mass is 9.86. The fourth-order valence-electron chi connectivity index (χ4n) is 3.25. The molecule has 3 nitrogen and oxygen atoms in total. The molecule has 0 bridgehead atoms. The SMILES string of the molecule is O=C(CNC(=O)C1CCCCC1)C1CCCCC1. The minimum atomic E-state index is 0.110. The maximum atomic E-state index is 12.0. The number of amides is 1. The van der Waals surface area contributed by atoms with Crippen LogP contribution in [0.2, 0.25) is 0 Å². The van der Waals surface area contributed by atoms with E-state index in [1.807, 2.05) is 0 Å². The zero-order chi connectivity index (χ0) is 12.8. The molecule has 0 aromatic heterocycles. The molecule has 0 saturated heterocycles. The van der Waals surface area contributed by atoms with Gasteiger partial charge in [-0.25, -0.2) is 0 Å². The molecule has 3 heteroatoms. The fourth-order valence-corrected chi connectivity index (χ4v) is 3.25. The van der Waals surface area contributed by atoms with Crippen LogP contribution in [0.1, 0.15) is 64.2 Å². The first kappa shape index (κ1) is 13.6. The summed E-state index contributed by atoms with van der Waals surface area (Å²) in [6.45, 7) is 0.264. The number of ketones is 1. The number of Topliss-reactive ketones (excluding diaryl/α,β-unsaturated/α-hetero) is 1. The van der Waals surface area contributed by atoms with Crippen LogP contribution in [0.3, 0.4) is 0 Å². The maximum Gasteiger partial charge on any atom is 0.223 e. The molecule has 18 heavy (non-hydrogen) atoms. The Morgan fingerprint density at radius 2 is 1.28 bits per heavy atom. The molecule has 0 radical (unpaired) electrons. The highest BCUT2D eigenvalue weighted by atomic mass is 16.2. The van der Waals surface area contributed by atoms with Crippen molar-refractivity contribution >= 4 is 11.7 Å². The van der Waals surface area contributed by atoms with Gasteiger partial charge in [0.2, 0.25) is 5.91 Å². The minimum Gasteiger partial charge on any atom is -0.349 e. The second kappa shape index (κ2) is 6.91. The number of nitrogens with one attached hydrogen (secondary N) is 1. The van der Waals surface area contributed by atoms with Crippen molar-refractivity contribution < 1.29 is 9.59 Å². The molecule has 0 aromatic rings. The normalized spacial score (nSPS) is 22.7. The monoisotopic (exact) mass is 251 g/mol. The van der Waals surface area contributed by atoms with Gasteiger partial charge in [-0.3, -0.25) is 9.59 Å². The molecule has 1 N–H and O–H groups in total. The van der Waals surface area contributed by atoms with Crippen LogP contribution in [0.4, 0.5) is 0 Å². The number of carbonyl (C=O) groups is 2. The van der Waals surface area contributed by atoms with Crippen LogP contribution in [0.5, 0.6) is 0 Å². The molecule has 2 rings (SSSR count). The molecule has 0 aromatic carbocycles. The van der Waals surface area contributed by atoms with Gasteiger partial charge in [0.15, 0.2) is 5.78 Å². The Morgan fingerprint density at radius 1 is 0.778 bits per heavy atom. The lowest BCUT2D eigenvalue weighted by Crippen LogP contribution is -2.37. The summed E-state index contributed by atoms with van der Waals surface area (Å²) < 4.78 is 0. The zero-order valence-electron chi connectivity index (χ0n) is 11.2. The van der Waals surface area contributed by atoms with Gasteiger partial charge in [0.25, 0.3) is 0 Å². The Balaban J connectivity index is 1.69. The highest BCUT2D eigenvalue weighted by Gasteiger charge is 2.24. The van der Waals surface area contributed by atoms with E-state index in [9.17, 15) is 9.59 Å². The van der Waals surface area contributed by atoms with Crippen LogP contribution in [0.25, 0.3) is 0 Å². The molecular weight excluding hydrogens is 226 g/mol. The summed E-state index contributed by atoms with van der Waals surface area (Å²) in [7, 11) is 0. The van der Waals surface area contributed by atoms with Gasteiger partial charge in [-0.05, 0) is 25.7 Å². The summed E-state index contributed by atoms with van der Waals surface area (Å²) in [6.07, 6.45) is 11.2. The van der Waals surface area contributed by atoms with Crippen molar-refractivity contribution in [3.05, 3.63) is 0 Å². The van der Waals surface area contributed by atoms with E-state index >= 15 is 0 Å². The van der Waals surface area contributed by atoms with Crippen LogP contribution in [0.15, 0.2) is 0 Å². The molecule has 2 saturated carbocycles. The molecule has 0 atom stereocenters. The van der Waals surface area contributed by atoms with Gasteiger partial charge in [-0.1, -0.05) is 38.5 Å². The van der Waals surface area contributed by atoms with Crippen molar-refractivity contribution in [3.63, 3.8) is 0 Å². The maximum absolute atomic E-state index is 12.0. The number of hydrogen-bond donors (Lipinski definition) is 1. The lowest BCUT2D eigenvalue weighted by Gasteiger charge is -2.23. The largest absolute Gasteiger partial charge is 0.349 e. The first-order valence-electron chi connectivity index (χ1n) is 7.58. The van der Waals surface area contributed by atoms with Gasteiger partial charge in [-0.2, -0.15) is 0 Å². The third kappa shape index (κ3) is 3.82. The molecule has 0 aliphatic heterocycles. The van der Waals surface area contributed by atoms with Crippen LogP contribution in [-0.4, -0.2) is 18.2 Å². The standard InChI is InChI=1S/C15H25NO2/c17-14(12-7-3-1-4-8-12)11-16-15(18)13-9-5-2-6-10-13/h12-13H,1-11H2,(H,16,18). The van der Waals surface area contributed by atoms with Gasteiger partial charge in [0.1, 0.15) is 0 Å². The summed E-state index contributed by atoms with van der Waals surface area (Å²) in [5.74, 6) is 0.737. The minimum absolute atomic E-state index is 0.110. The van der Waals surface area contributed by atoms with E-state index in [-0.39, 0.29) is 30.1 Å². The highest BCUT2D eigenvalue weighted by Crippen LogP contribution is 2.25. The van der Waals surface area contributed by atoms with E-state index < -0.39 is 0 Å². The van der Waals surface area contributed by atoms with Crippen molar-refractivity contribution in [1.29, 1.82) is 0 Å². The Kier molecular flexibility index (Phi) is 5.21. The summed E-state index contributed by atoms with van der Waals surface area (Å²) >= 11 is 0. The number of hydrogen-bond acceptors (Lipinski definition) is 2. The molecule has 2 fully saturated rings. The Bertz CT molecular complexity index is 259. The highest BCUT2D eigenvalue weighted by molar-refractivity contribution is 5.88. The average molecular weight is 251 g/mol. The average Bonchev–Trinajstić information content (AvgIpc) is 2.46. The molecule has 1 amide bonds. The molecule has 0 unspecified atom stereocenters.